The summed E-state index contributed by atoms with van der Waals surface area (Å²) in [5.74, 6) is 8.30. The number of fused-ring (bicyclic) bond motifs is 1. The van der Waals surface area contributed by atoms with E-state index in [4.69, 9.17) is 16.3 Å². The molecular formula is C20H16ClN5O2S. The maximum absolute atomic E-state index is 9.70. The number of benzene rings is 1. The van der Waals surface area contributed by atoms with Gasteiger partial charge in [-0.1, -0.05) is 17.7 Å². The van der Waals surface area contributed by atoms with Crippen LogP contribution in [0.25, 0.3) is 0 Å². The van der Waals surface area contributed by atoms with Gasteiger partial charge in [-0.05, 0) is 48.1 Å². The fourth-order valence-electron chi connectivity index (χ4n) is 2.78. The number of amidine groups is 3. The third-order valence-corrected chi connectivity index (χ3v) is 5.33. The first-order valence-electron chi connectivity index (χ1n) is 8.75. The Hall–Kier alpha value is -3.15. The number of aromatic hydroxyl groups is 1. The van der Waals surface area contributed by atoms with Crippen LogP contribution in [0, 0.1) is 11.8 Å². The molecule has 0 saturated carbocycles. The van der Waals surface area contributed by atoms with Crippen LogP contribution in [0.4, 0.5) is 0 Å². The standard InChI is InChI=1S/C20H16ClN5O2S/c1-28-15-10-12(2-5-14(15)27)8-9-22-19-18-20(24-11-23-18)26-17(25-19)7-4-13-3-6-16(21)29-13/h2-3,5-6,10-11,18,27H,8-9H2,1H3,(H,22,23,24,25,26). The second-order valence-electron chi connectivity index (χ2n) is 6.12. The van der Waals surface area contributed by atoms with E-state index in [1.165, 1.54) is 24.8 Å². The number of phenols is 1. The predicted octanol–water partition coefficient (Wildman–Crippen LogP) is 2.92. The Morgan fingerprint density at radius 2 is 2.21 bits per heavy atom. The molecule has 1 atom stereocenters. The molecule has 146 valence electrons. The lowest BCUT2D eigenvalue weighted by atomic mass is 10.1. The van der Waals surface area contributed by atoms with Crippen molar-refractivity contribution in [2.45, 2.75) is 12.5 Å². The Morgan fingerprint density at radius 3 is 3.00 bits per heavy atom. The second kappa shape index (κ2) is 8.47. The monoisotopic (exact) mass is 425 g/mol. The SMILES string of the molecule is COc1cc(CCN=C2N=C(C#Cc3ccc(Cl)s3)NC3=NC=NC23)ccc1O. The summed E-state index contributed by atoms with van der Waals surface area (Å²) in [6.07, 6.45) is 2.17. The van der Waals surface area contributed by atoms with E-state index in [9.17, 15) is 5.11 Å². The summed E-state index contributed by atoms with van der Waals surface area (Å²) in [4.78, 5) is 18.5. The number of hydrogen-bond donors (Lipinski definition) is 2. The van der Waals surface area contributed by atoms with Crippen LogP contribution >= 0.6 is 22.9 Å². The molecule has 2 aromatic rings. The van der Waals surface area contributed by atoms with Crippen molar-refractivity contribution in [1.29, 1.82) is 0 Å². The fourth-order valence-corrected chi connectivity index (χ4v) is 3.67. The molecule has 1 aromatic heterocycles. The number of ether oxygens (including phenoxy) is 1. The molecule has 1 unspecified atom stereocenters. The van der Waals surface area contributed by atoms with Crippen molar-refractivity contribution in [1.82, 2.24) is 5.32 Å². The molecule has 29 heavy (non-hydrogen) atoms. The molecule has 0 saturated heterocycles. The minimum Gasteiger partial charge on any atom is -0.504 e. The Labute approximate surface area is 176 Å². The highest BCUT2D eigenvalue weighted by Gasteiger charge is 2.29. The third-order valence-electron chi connectivity index (χ3n) is 4.18. The molecule has 3 heterocycles. The molecule has 2 N–H and O–H groups in total. The molecule has 0 fully saturated rings. The van der Waals surface area contributed by atoms with Crippen molar-refractivity contribution in [3.8, 4) is 23.3 Å². The molecule has 2 aliphatic rings. The molecule has 2 aliphatic heterocycles. The number of nitrogens with one attached hydrogen (secondary N) is 1. The summed E-state index contributed by atoms with van der Waals surface area (Å²) < 4.78 is 5.83. The molecule has 0 aliphatic carbocycles. The molecule has 9 heteroatoms. The number of nitrogens with zero attached hydrogens (tertiary/aromatic N) is 4. The first-order chi connectivity index (χ1) is 14.1. The van der Waals surface area contributed by atoms with Gasteiger partial charge in [-0.2, -0.15) is 0 Å². The zero-order chi connectivity index (χ0) is 20.2. The number of thiophene rings is 1. The molecule has 7 nitrogen and oxygen atoms in total. The van der Waals surface area contributed by atoms with E-state index < -0.39 is 0 Å². The van der Waals surface area contributed by atoms with E-state index in [0.717, 1.165) is 10.4 Å². The van der Waals surface area contributed by atoms with Crippen LogP contribution in [-0.2, 0) is 6.42 Å². The van der Waals surface area contributed by atoms with Crippen molar-refractivity contribution >= 4 is 46.8 Å². The molecule has 0 spiro atoms. The first-order valence-corrected chi connectivity index (χ1v) is 9.94. The van der Waals surface area contributed by atoms with Crippen molar-refractivity contribution in [3.63, 3.8) is 0 Å². The van der Waals surface area contributed by atoms with Gasteiger partial charge < -0.3 is 15.2 Å². The van der Waals surface area contributed by atoms with Crippen LogP contribution in [0.2, 0.25) is 4.34 Å². The highest BCUT2D eigenvalue weighted by atomic mass is 35.5. The normalized spacial score (nSPS) is 18.4. The third kappa shape index (κ3) is 4.47. The Balaban J connectivity index is 1.51. The molecule has 1 aromatic carbocycles. The quantitative estimate of drug-likeness (QED) is 0.738. The van der Waals surface area contributed by atoms with Crippen molar-refractivity contribution < 1.29 is 9.84 Å². The number of aliphatic imine (C=N–C) groups is 4. The average Bonchev–Trinajstić information content (AvgIpc) is 3.36. The second-order valence-corrected chi connectivity index (χ2v) is 7.83. The molecule has 0 amide bonds. The Kier molecular flexibility index (Phi) is 5.60. The van der Waals surface area contributed by atoms with E-state index in [1.807, 2.05) is 18.2 Å². The smallest absolute Gasteiger partial charge is 0.186 e. The van der Waals surface area contributed by atoms with Gasteiger partial charge in [-0.25, -0.2) is 9.98 Å². The lowest BCUT2D eigenvalue weighted by molar-refractivity contribution is 0.373. The molecule has 4 rings (SSSR count). The van der Waals surface area contributed by atoms with Crippen LogP contribution in [0.1, 0.15) is 10.4 Å². The number of methoxy groups -OCH3 is 1. The van der Waals surface area contributed by atoms with Crippen LogP contribution in [0.3, 0.4) is 0 Å². The largest absolute Gasteiger partial charge is 0.504 e. The van der Waals surface area contributed by atoms with Gasteiger partial charge in [-0.15, -0.1) is 11.3 Å². The minimum atomic E-state index is -0.328. The maximum Gasteiger partial charge on any atom is 0.186 e. The first kappa shape index (κ1) is 19.2. The van der Waals surface area contributed by atoms with Crippen LogP contribution in [-0.4, -0.2) is 48.6 Å². The van der Waals surface area contributed by atoms with E-state index in [0.29, 0.717) is 40.6 Å². The van der Waals surface area contributed by atoms with E-state index in [2.05, 4.69) is 37.1 Å². The van der Waals surface area contributed by atoms with Gasteiger partial charge in [0.25, 0.3) is 0 Å². The van der Waals surface area contributed by atoms with Gasteiger partial charge >= 0.3 is 0 Å². The molecular weight excluding hydrogens is 410 g/mol. The maximum atomic E-state index is 9.70. The summed E-state index contributed by atoms with van der Waals surface area (Å²) in [5.41, 5.74) is 1.00. The topological polar surface area (TPSA) is 90.9 Å². The van der Waals surface area contributed by atoms with E-state index >= 15 is 0 Å². The van der Waals surface area contributed by atoms with Gasteiger partial charge in [0.1, 0.15) is 12.2 Å². The zero-order valence-electron chi connectivity index (χ0n) is 15.4. The lowest BCUT2D eigenvalue weighted by Gasteiger charge is -2.18. The average molecular weight is 426 g/mol. The Morgan fingerprint density at radius 1 is 1.31 bits per heavy atom. The number of phenolic OH excluding ortho intramolecular Hbond substituents is 1. The van der Waals surface area contributed by atoms with Gasteiger partial charge in [0.05, 0.1) is 16.3 Å². The van der Waals surface area contributed by atoms with Gasteiger partial charge in [0, 0.05) is 6.54 Å². The predicted molar refractivity (Wildman–Crippen MR) is 117 cm³/mol. The highest BCUT2D eigenvalue weighted by Crippen LogP contribution is 2.26. The van der Waals surface area contributed by atoms with E-state index in [1.54, 1.807) is 12.1 Å². The van der Waals surface area contributed by atoms with Crippen molar-refractivity contribution in [2.24, 2.45) is 20.0 Å². The van der Waals surface area contributed by atoms with Crippen LogP contribution < -0.4 is 10.1 Å². The van der Waals surface area contributed by atoms with Crippen molar-refractivity contribution in [3.05, 3.63) is 45.1 Å². The molecule has 0 radical (unpaired) electrons. The van der Waals surface area contributed by atoms with Gasteiger partial charge in [-0.3, -0.25) is 9.98 Å². The van der Waals surface area contributed by atoms with Crippen LogP contribution in [0.5, 0.6) is 11.5 Å². The number of hydrogen-bond acceptors (Lipinski definition) is 7. The Bertz CT molecular complexity index is 1120. The van der Waals surface area contributed by atoms with Gasteiger partial charge in [0.15, 0.2) is 29.2 Å². The summed E-state index contributed by atoms with van der Waals surface area (Å²) >= 11 is 7.35. The summed E-state index contributed by atoms with van der Waals surface area (Å²) in [7, 11) is 1.52. The highest BCUT2D eigenvalue weighted by molar-refractivity contribution is 7.16. The molecule has 0 bridgehead atoms. The fraction of sp³-hybridized carbons (Fsp3) is 0.200. The van der Waals surface area contributed by atoms with E-state index in [-0.39, 0.29) is 11.8 Å². The van der Waals surface area contributed by atoms with Crippen LogP contribution in [0.15, 0.2) is 50.3 Å². The number of rotatable bonds is 4. The number of halogens is 1. The lowest BCUT2D eigenvalue weighted by Crippen LogP contribution is -2.45. The van der Waals surface area contributed by atoms with Gasteiger partial charge in [0.2, 0.25) is 0 Å². The zero-order valence-corrected chi connectivity index (χ0v) is 17.0. The minimum absolute atomic E-state index is 0.113. The summed E-state index contributed by atoms with van der Waals surface area (Å²) in [5, 5.41) is 12.8. The summed E-state index contributed by atoms with van der Waals surface area (Å²) in [6.45, 7) is 0.507. The summed E-state index contributed by atoms with van der Waals surface area (Å²) in [6, 6.07) is 8.59. The van der Waals surface area contributed by atoms with Crippen molar-refractivity contribution in [2.75, 3.05) is 13.7 Å².